The summed E-state index contributed by atoms with van der Waals surface area (Å²) in [7, 11) is 0. The first kappa shape index (κ1) is 38.7. The van der Waals surface area contributed by atoms with Crippen LogP contribution in [0.4, 0.5) is 17.1 Å². The summed E-state index contributed by atoms with van der Waals surface area (Å²) >= 11 is 0. The molecule has 0 atom stereocenters. The van der Waals surface area contributed by atoms with E-state index in [1.54, 1.807) is 6.20 Å². The smallest absolute Gasteiger partial charge is 0.135 e. The minimum absolute atomic E-state index is 0. The molecule has 9 aromatic carbocycles. The molecule has 5 nitrogen and oxygen atoms in total. The van der Waals surface area contributed by atoms with Gasteiger partial charge in [-0.15, -0.1) is 41.4 Å². The molecule has 0 fully saturated rings. The second-order valence-electron chi connectivity index (χ2n) is 19.9. The van der Waals surface area contributed by atoms with E-state index in [1.807, 2.05) is 60.0 Å². The summed E-state index contributed by atoms with van der Waals surface area (Å²) in [5.74, 6) is 1.64. The Morgan fingerprint density at radius 1 is 0.603 bits per heavy atom. The van der Waals surface area contributed by atoms with Crippen molar-refractivity contribution >= 4 is 38.9 Å². The number of fused-ring (bicyclic) bond motifs is 4. The van der Waals surface area contributed by atoms with E-state index in [0.29, 0.717) is 28.4 Å². The number of para-hydroxylation sites is 3. The van der Waals surface area contributed by atoms with Crippen molar-refractivity contribution in [2.24, 2.45) is 0 Å². The van der Waals surface area contributed by atoms with Gasteiger partial charge in [0.1, 0.15) is 5.82 Å². The van der Waals surface area contributed by atoms with Gasteiger partial charge >= 0.3 is 0 Å². The van der Waals surface area contributed by atoms with Crippen LogP contribution >= 0.6 is 0 Å². The van der Waals surface area contributed by atoms with E-state index in [4.69, 9.17) is 16.6 Å². The molecule has 3 heterocycles. The molecule has 0 saturated heterocycles. The molecule has 4 bridgehead atoms. The van der Waals surface area contributed by atoms with E-state index < -0.39 is 17.0 Å². The van der Waals surface area contributed by atoms with Crippen LogP contribution in [-0.2, 0) is 37.4 Å². The number of benzene rings is 9. The second kappa shape index (κ2) is 16.0. The third kappa shape index (κ3) is 5.75. The van der Waals surface area contributed by atoms with Crippen molar-refractivity contribution in [3.05, 3.63) is 287 Å². The number of anilines is 3. The van der Waals surface area contributed by atoms with Gasteiger partial charge in [-0.1, -0.05) is 170 Å². The van der Waals surface area contributed by atoms with Gasteiger partial charge in [0.2, 0.25) is 0 Å². The van der Waals surface area contributed by atoms with Crippen molar-refractivity contribution < 1.29 is 32.7 Å². The first-order chi connectivity index (χ1) is 37.5. The molecule has 0 N–H and O–H groups in total. The Bertz CT molecular complexity index is 4240. The standard InChI is InChI=1S/C67H47N4O.Pt/c1-43-38-63(68-41-52(43)44-20-5-4-6-21-44)71-59-33-16-9-24-48(59)49-37-36-47(40-62(49)71)72-46-23-19-22-45(39-46)69-42-70(61-35-18-17-34-60(61)69)67-53-27-10-7-25-50(53)64(51-26-8-11-28-54(51)67)65(2)55-29-12-14-31-57(55)66(67,3)58-32-15-13-30-56(58)65;/h4-38,41-42,64H,1-3H3;/q-3;/i4D,5D,6D,20D,21D;. The van der Waals surface area contributed by atoms with Crippen LogP contribution in [0.5, 0.6) is 11.5 Å². The van der Waals surface area contributed by atoms with Crippen LogP contribution in [0.1, 0.15) is 76.7 Å². The maximum Gasteiger partial charge on any atom is 0.135 e. The van der Waals surface area contributed by atoms with Gasteiger partial charge in [0.25, 0.3) is 0 Å². The summed E-state index contributed by atoms with van der Waals surface area (Å²) in [6.45, 7) is 9.14. The third-order valence-electron chi connectivity index (χ3n) is 16.6. The normalized spacial score (nSPS) is 21.6. The first-order valence-corrected chi connectivity index (χ1v) is 24.6. The Kier molecular flexibility index (Phi) is 8.48. The van der Waals surface area contributed by atoms with Crippen molar-refractivity contribution in [3.63, 3.8) is 0 Å². The van der Waals surface area contributed by atoms with Gasteiger partial charge in [-0.3, -0.25) is 0 Å². The van der Waals surface area contributed by atoms with Gasteiger partial charge in [-0.05, 0) is 99.1 Å². The van der Waals surface area contributed by atoms with E-state index in [9.17, 15) is 0 Å². The van der Waals surface area contributed by atoms with Crippen LogP contribution in [0.15, 0.2) is 218 Å². The molecule has 0 saturated carbocycles. The van der Waals surface area contributed by atoms with Crippen LogP contribution in [0, 0.1) is 25.7 Å². The molecule has 18 rings (SSSR count). The Hall–Kier alpha value is -7.98. The maximum atomic E-state index is 8.66. The van der Waals surface area contributed by atoms with Crippen molar-refractivity contribution in [3.8, 4) is 28.4 Å². The predicted molar refractivity (Wildman–Crippen MR) is 290 cm³/mol. The number of hydrogen-bond acceptors (Lipinski definition) is 4. The van der Waals surface area contributed by atoms with E-state index in [0.717, 1.165) is 38.9 Å². The fourth-order valence-corrected chi connectivity index (χ4v) is 13.7. The molecule has 6 heteroatoms. The second-order valence-corrected chi connectivity index (χ2v) is 19.9. The van der Waals surface area contributed by atoms with E-state index in [-0.39, 0.29) is 62.1 Å². The molecule has 1 aliphatic heterocycles. The average molecular weight is 1120 g/mol. The zero-order valence-corrected chi connectivity index (χ0v) is 42.3. The van der Waals surface area contributed by atoms with Gasteiger partial charge in [0.05, 0.1) is 12.4 Å². The Morgan fingerprint density at radius 3 is 1.90 bits per heavy atom. The third-order valence-corrected chi connectivity index (χ3v) is 16.6. The quantitative estimate of drug-likeness (QED) is 0.155. The minimum atomic E-state index is -0.778. The SMILES string of the molecule is [2H]c1c([2H])c([2H])c(-c2cnc(-n3c4[c-]c(Oc5[c-]c(N6[CH-]N(C78c9ccccc9C(c9ccccc97)C7(C)c9ccccc9C8(C)c8ccccc87)c7ccccc76)ccc5)ccc4c4ccccc43)cc2C)c([2H])c1[2H].[Pt]. The molecular formula is C67H47N4OPt-3. The number of hydrogen-bond donors (Lipinski definition) is 0. The monoisotopic (exact) mass is 1120 g/mol. The van der Waals surface area contributed by atoms with Gasteiger partial charge in [-0.25, -0.2) is 4.98 Å². The number of aryl methyl sites for hydroxylation is 1. The fourth-order valence-electron chi connectivity index (χ4n) is 13.7. The molecule has 2 aromatic heterocycles. The van der Waals surface area contributed by atoms with Gasteiger partial charge in [-0.2, -0.15) is 18.8 Å². The van der Waals surface area contributed by atoms with Crippen LogP contribution in [0.2, 0.25) is 0 Å². The molecule has 0 spiro atoms. The minimum Gasteiger partial charge on any atom is -0.509 e. The van der Waals surface area contributed by atoms with Crippen molar-refractivity contribution in [1.29, 1.82) is 0 Å². The van der Waals surface area contributed by atoms with Crippen LogP contribution in [0.25, 0.3) is 38.8 Å². The van der Waals surface area contributed by atoms with E-state index in [2.05, 4.69) is 176 Å². The topological polar surface area (TPSA) is 33.5 Å². The number of pyridine rings is 1. The number of aromatic nitrogens is 2. The Balaban J connectivity index is 0.00000552. The Labute approximate surface area is 447 Å². The number of nitrogens with zero attached hydrogens (tertiary/aromatic N) is 4. The average Bonchev–Trinajstić information content (AvgIpc) is 1.40. The zero-order chi connectivity index (χ0) is 52.3. The van der Waals surface area contributed by atoms with Gasteiger partial charge < -0.3 is 19.1 Å². The van der Waals surface area contributed by atoms with Crippen molar-refractivity contribution in [1.82, 2.24) is 9.55 Å². The largest absolute Gasteiger partial charge is 0.509 e. The summed E-state index contributed by atoms with van der Waals surface area (Å²) in [4.78, 5) is 9.72. The van der Waals surface area contributed by atoms with Crippen LogP contribution in [-0.4, -0.2) is 9.55 Å². The first-order valence-electron chi connectivity index (χ1n) is 27.1. The summed E-state index contributed by atoms with van der Waals surface area (Å²) < 4.78 is 50.9. The zero-order valence-electron chi connectivity index (χ0n) is 45.1. The Morgan fingerprint density at radius 2 is 1.21 bits per heavy atom. The molecule has 6 aliphatic carbocycles. The summed E-state index contributed by atoms with van der Waals surface area (Å²) in [6.07, 6.45) is 1.59. The van der Waals surface area contributed by atoms with Crippen LogP contribution in [0.3, 0.4) is 0 Å². The maximum absolute atomic E-state index is 8.66. The van der Waals surface area contributed by atoms with Gasteiger partial charge in [0, 0.05) is 78.0 Å². The summed E-state index contributed by atoms with van der Waals surface area (Å²) in [6, 6.07) is 71.1. The van der Waals surface area contributed by atoms with E-state index in [1.165, 1.54) is 44.5 Å². The molecule has 73 heavy (non-hydrogen) atoms. The molecule has 354 valence electrons. The molecule has 7 aliphatic rings. The van der Waals surface area contributed by atoms with Crippen molar-refractivity contribution in [2.75, 3.05) is 9.80 Å². The number of ether oxygens (including phenoxy) is 1. The van der Waals surface area contributed by atoms with Crippen molar-refractivity contribution in [2.45, 2.75) is 43.1 Å². The summed E-state index contributed by atoms with van der Waals surface area (Å²) in [5.41, 5.74) is 14.8. The fraction of sp³-hybridized carbons (Fsp3) is 0.104. The molecule has 0 amide bonds. The molecule has 11 aromatic rings. The predicted octanol–water partition coefficient (Wildman–Crippen LogP) is 15.6. The van der Waals surface area contributed by atoms with E-state index >= 15 is 0 Å². The molecule has 0 unspecified atom stereocenters. The van der Waals surface area contributed by atoms with Crippen LogP contribution < -0.4 is 14.5 Å². The molecular weight excluding hydrogens is 1070 g/mol. The van der Waals surface area contributed by atoms with Gasteiger partial charge in [0.15, 0.2) is 0 Å². The summed E-state index contributed by atoms with van der Waals surface area (Å²) in [5, 5.41) is 1.96. The molecule has 0 radical (unpaired) electrons. The number of rotatable bonds is 6.